The van der Waals surface area contributed by atoms with Gasteiger partial charge >= 0.3 is 0 Å². The molecule has 40 heavy (non-hydrogen) atoms. The predicted octanol–water partition coefficient (Wildman–Crippen LogP) is 4.77. The first-order valence-electron chi connectivity index (χ1n) is 12.8. The predicted molar refractivity (Wildman–Crippen MR) is 154 cm³/mol. The average Bonchev–Trinajstić information content (AvgIpc) is 3.56. The number of hydrogen-bond acceptors (Lipinski definition) is 8. The second-order valence-electron chi connectivity index (χ2n) is 9.99. The first-order chi connectivity index (χ1) is 19.4. The second kappa shape index (κ2) is 10.3. The van der Waals surface area contributed by atoms with Crippen LogP contribution in [0.15, 0.2) is 61.2 Å². The molecule has 0 atom stereocenters. The lowest BCUT2D eigenvalue weighted by molar-refractivity contribution is 0.260. The van der Waals surface area contributed by atoms with Crippen LogP contribution in [0.1, 0.15) is 0 Å². The molecule has 5 aromatic heterocycles. The number of anilines is 1. The number of halogens is 1. The SMILES string of the molecule is CN(C)CCOc1cc(F)cc(-c2ccnc3nc(-c4[nH]nc5ncc(-c6cncc(N(C)C)c6)cc45)[nH]c23)c1. The van der Waals surface area contributed by atoms with Crippen molar-refractivity contribution >= 4 is 27.9 Å². The zero-order valence-electron chi connectivity index (χ0n) is 22.6. The van der Waals surface area contributed by atoms with Crippen molar-refractivity contribution < 1.29 is 9.13 Å². The van der Waals surface area contributed by atoms with E-state index >= 15 is 0 Å². The van der Waals surface area contributed by atoms with Crippen LogP contribution < -0.4 is 9.64 Å². The topological polar surface area (TPSA) is 112 Å². The van der Waals surface area contributed by atoms with Gasteiger partial charge in [-0.15, -0.1) is 0 Å². The molecule has 0 spiro atoms. The van der Waals surface area contributed by atoms with E-state index in [-0.39, 0.29) is 5.82 Å². The summed E-state index contributed by atoms with van der Waals surface area (Å²) in [5.74, 6) is 0.635. The number of rotatable bonds is 8. The molecular formula is C29H28FN9O. The van der Waals surface area contributed by atoms with Crippen molar-refractivity contribution in [3.05, 3.63) is 67.0 Å². The third-order valence-corrected chi connectivity index (χ3v) is 6.60. The van der Waals surface area contributed by atoms with Gasteiger partial charge in [0.15, 0.2) is 17.1 Å². The van der Waals surface area contributed by atoms with Gasteiger partial charge in [0.2, 0.25) is 0 Å². The summed E-state index contributed by atoms with van der Waals surface area (Å²) in [7, 11) is 7.87. The Bertz CT molecular complexity index is 1830. The third-order valence-electron chi connectivity index (χ3n) is 6.60. The summed E-state index contributed by atoms with van der Waals surface area (Å²) in [5, 5.41) is 8.25. The molecule has 6 aromatic rings. The fourth-order valence-corrected chi connectivity index (χ4v) is 4.49. The highest BCUT2D eigenvalue weighted by atomic mass is 19.1. The Morgan fingerprint density at radius 1 is 0.900 bits per heavy atom. The molecule has 6 rings (SSSR count). The minimum Gasteiger partial charge on any atom is -0.492 e. The van der Waals surface area contributed by atoms with Gasteiger partial charge in [0, 0.05) is 62.0 Å². The van der Waals surface area contributed by atoms with Crippen molar-refractivity contribution in [2.75, 3.05) is 46.2 Å². The van der Waals surface area contributed by atoms with Crippen molar-refractivity contribution in [1.29, 1.82) is 0 Å². The van der Waals surface area contributed by atoms with Gasteiger partial charge in [-0.2, -0.15) is 5.10 Å². The quantitative estimate of drug-likeness (QED) is 0.286. The molecule has 0 fully saturated rings. The molecule has 0 aliphatic carbocycles. The van der Waals surface area contributed by atoms with Crippen molar-refractivity contribution in [2.24, 2.45) is 0 Å². The van der Waals surface area contributed by atoms with E-state index in [0.717, 1.165) is 34.3 Å². The molecular weight excluding hydrogens is 509 g/mol. The molecule has 0 amide bonds. The summed E-state index contributed by atoms with van der Waals surface area (Å²) in [6.45, 7) is 1.18. The molecule has 0 bridgehead atoms. The standard InChI is InChI=1S/C29H28FN9O/c1-38(2)7-8-40-22-11-17(9-20(30)13-22)23-5-6-32-28-25(23)34-29(35-28)26-24-12-19(15-33-27(24)37-36-26)18-10-21(39(3)4)16-31-14-18/h5-6,9-16H,7-8H2,1-4H3,(H,32,34,35)(H,33,36,37). The normalized spacial score (nSPS) is 11.6. The summed E-state index contributed by atoms with van der Waals surface area (Å²) in [6.07, 6.45) is 7.07. The Balaban J connectivity index is 1.39. The first kappa shape index (κ1) is 25.4. The number of H-pyrrole nitrogens is 2. The lowest BCUT2D eigenvalue weighted by atomic mass is 10.1. The number of benzene rings is 1. The lowest BCUT2D eigenvalue weighted by Crippen LogP contribution is -2.19. The lowest BCUT2D eigenvalue weighted by Gasteiger charge is -2.12. The zero-order valence-corrected chi connectivity index (χ0v) is 22.6. The van der Waals surface area contributed by atoms with E-state index in [2.05, 4.69) is 36.2 Å². The molecule has 5 heterocycles. The summed E-state index contributed by atoms with van der Waals surface area (Å²) >= 11 is 0. The van der Waals surface area contributed by atoms with Crippen molar-refractivity contribution in [3.63, 3.8) is 0 Å². The molecule has 10 nitrogen and oxygen atoms in total. The minimum atomic E-state index is -0.381. The number of nitrogens with zero attached hydrogens (tertiary/aromatic N) is 7. The number of pyridine rings is 3. The molecule has 0 unspecified atom stereocenters. The molecule has 0 aliphatic rings. The Labute approximate surface area is 229 Å². The maximum absolute atomic E-state index is 14.6. The highest BCUT2D eigenvalue weighted by Gasteiger charge is 2.17. The summed E-state index contributed by atoms with van der Waals surface area (Å²) in [6, 6.07) is 10.6. The fourth-order valence-electron chi connectivity index (χ4n) is 4.49. The molecule has 202 valence electrons. The highest BCUT2D eigenvalue weighted by molar-refractivity contribution is 5.96. The van der Waals surface area contributed by atoms with Crippen LogP contribution in [0.4, 0.5) is 10.1 Å². The number of aromatic amines is 2. The Hall–Kier alpha value is -4.90. The van der Waals surface area contributed by atoms with Gasteiger partial charge in [-0.05, 0) is 50.0 Å². The largest absolute Gasteiger partial charge is 0.492 e. The number of fused-ring (bicyclic) bond motifs is 2. The number of imidazole rings is 1. The van der Waals surface area contributed by atoms with Crippen molar-refractivity contribution in [3.8, 4) is 39.5 Å². The molecule has 0 saturated heterocycles. The number of hydrogen-bond donors (Lipinski definition) is 2. The van der Waals surface area contributed by atoms with Gasteiger partial charge in [0.1, 0.15) is 23.9 Å². The number of ether oxygens (including phenoxy) is 1. The second-order valence-corrected chi connectivity index (χ2v) is 9.99. The van der Waals surface area contributed by atoms with Crippen molar-refractivity contribution in [2.45, 2.75) is 0 Å². The highest BCUT2D eigenvalue weighted by Crippen LogP contribution is 2.33. The van der Waals surface area contributed by atoms with E-state index in [9.17, 15) is 4.39 Å². The van der Waals surface area contributed by atoms with Gasteiger partial charge in [0.05, 0.1) is 22.8 Å². The van der Waals surface area contributed by atoms with Crippen LogP contribution in [-0.4, -0.2) is 81.4 Å². The zero-order chi connectivity index (χ0) is 27.8. The maximum atomic E-state index is 14.6. The third kappa shape index (κ3) is 4.94. The van der Waals surface area contributed by atoms with Crippen LogP contribution in [0, 0.1) is 5.82 Å². The van der Waals surface area contributed by atoms with Crippen LogP contribution in [0.5, 0.6) is 5.75 Å². The fraction of sp³-hybridized carbons (Fsp3) is 0.207. The summed E-state index contributed by atoms with van der Waals surface area (Å²) in [4.78, 5) is 25.5. The van der Waals surface area contributed by atoms with Gasteiger partial charge in [0.25, 0.3) is 0 Å². The van der Waals surface area contributed by atoms with Crippen LogP contribution in [0.3, 0.4) is 0 Å². The maximum Gasteiger partial charge on any atom is 0.181 e. The molecule has 2 N–H and O–H groups in total. The van der Waals surface area contributed by atoms with Crippen LogP contribution in [-0.2, 0) is 0 Å². The first-order valence-corrected chi connectivity index (χ1v) is 12.8. The van der Waals surface area contributed by atoms with Crippen LogP contribution in [0.2, 0.25) is 0 Å². The molecule has 0 radical (unpaired) electrons. The summed E-state index contributed by atoms with van der Waals surface area (Å²) < 4.78 is 20.4. The molecule has 1 aromatic carbocycles. The summed E-state index contributed by atoms with van der Waals surface area (Å²) in [5.41, 5.74) is 6.68. The average molecular weight is 538 g/mol. The number of nitrogens with one attached hydrogen (secondary N) is 2. The number of likely N-dealkylation sites (N-methyl/N-ethyl adjacent to an activating group) is 1. The minimum absolute atomic E-state index is 0.381. The molecule has 11 heteroatoms. The Morgan fingerprint density at radius 3 is 2.58 bits per heavy atom. The molecule has 0 saturated carbocycles. The van der Waals surface area contributed by atoms with Gasteiger partial charge < -0.3 is 19.5 Å². The number of aromatic nitrogens is 7. The van der Waals surface area contributed by atoms with E-state index in [4.69, 9.17) is 9.72 Å². The van der Waals surface area contributed by atoms with Gasteiger partial charge in [-0.1, -0.05) is 0 Å². The van der Waals surface area contributed by atoms with Gasteiger partial charge in [-0.3, -0.25) is 10.1 Å². The Morgan fingerprint density at radius 2 is 1.75 bits per heavy atom. The van der Waals surface area contributed by atoms with Crippen LogP contribution in [0.25, 0.3) is 56.0 Å². The van der Waals surface area contributed by atoms with Crippen LogP contribution >= 0.6 is 0 Å². The van der Waals surface area contributed by atoms with E-state index < -0.39 is 0 Å². The van der Waals surface area contributed by atoms with E-state index in [1.54, 1.807) is 12.4 Å². The van der Waals surface area contributed by atoms with E-state index in [1.165, 1.54) is 12.1 Å². The van der Waals surface area contributed by atoms with E-state index in [1.807, 2.05) is 68.6 Å². The van der Waals surface area contributed by atoms with Gasteiger partial charge in [-0.25, -0.2) is 19.3 Å². The smallest absolute Gasteiger partial charge is 0.181 e. The monoisotopic (exact) mass is 537 g/mol. The van der Waals surface area contributed by atoms with E-state index in [0.29, 0.717) is 46.2 Å². The van der Waals surface area contributed by atoms with Crippen molar-refractivity contribution in [1.82, 2.24) is 40.0 Å². The molecule has 0 aliphatic heterocycles. The Kier molecular flexibility index (Phi) is 6.56.